The molecule has 1 N–H and O–H groups in total. The molecule has 118 valence electrons. The molecule has 2 aromatic rings. The zero-order chi connectivity index (χ0) is 15.9. The molecule has 0 aliphatic heterocycles. The van der Waals surface area contributed by atoms with Gasteiger partial charge in [0.15, 0.2) is 0 Å². The summed E-state index contributed by atoms with van der Waals surface area (Å²) in [6, 6.07) is 7.97. The quantitative estimate of drug-likeness (QED) is 0.855. The van der Waals surface area contributed by atoms with Gasteiger partial charge in [0.1, 0.15) is 5.82 Å². The van der Waals surface area contributed by atoms with Crippen LogP contribution in [0.2, 0.25) is 0 Å². The molecule has 0 amide bonds. The van der Waals surface area contributed by atoms with Crippen molar-refractivity contribution in [1.82, 2.24) is 15.1 Å². The topological polar surface area (TPSA) is 46.9 Å². The summed E-state index contributed by atoms with van der Waals surface area (Å²) < 4.78 is 14.6. The van der Waals surface area contributed by atoms with E-state index in [2.05, 4.69) is 17.3 Å². The minimum absolute atomic E-state index is 0.0553. The highest BCUT2D eigenvalue weighted by Crippen LogP contribution is 2.17. The normalized spacial score (nSPS) is 10.9. The Hall–Kier alpha value is -2.01. The third-order valence-corrected chi connectivity index (χ3v) is 3.48. The van der Waals surface area contributed by atoms with Gasteiger partial charge in [-0.3, -0.25) is 4.79 Å². The van der Waals surface area contributed by atoms with Crippen LogP contribution in [0, 0.1) is 5.82 Å². The lowest BCUT2D eigenvalue weighted by Gasteiger charge is -2.11. The van der Waals surface area contributed by atoms with Gasteiger partial charge in [-0.25, -0.2) is 9.07 Å². The smallest absolute Gasteiger partial charge is 0.271 e. The Bertz CT molecular complexity index is 632. The molecule has 0 saturated carbocycles. The summed E-state index contributed by atoms with van der Waals surface area (Å²) in [5.41, 5.74) is 2.14. The molecule has 2 rings (SSSR count). The van der Waals surface area contributed by atoms with E-state index in [4.69, 9.17) is 0 Å². The number of nitrogens with one attached hydrogen (secondary N) is 1. The van der Waals surface area contributed by atoms with E-state index in [1.807, 2.05) is 6.92 Å². The van der Waals surface area contributed by atoms with Crippen molar-refractivity contribution in [2.45, 2.75) is 39.8 Å². The first-order chi connectivity index (χ1) is 10.7. The van der Waals surface area contributed by atoms with Crippen molar-refractivity contribution in [2.24, 2.45) is 0 Å². The molecule has 0 bridgehead atoms. The third kappa shape index (κ3) is 4.01. The van der Waals surface area contributed by atoms with Crippen molar-refractivity contribution in [1.29, 1.82) is 0 Å². The lowest BCUT2D eigenvalue weighted by Crippen LogP contribution is -2.29. The molecule has 1 heterocycles. The Labute approximate surface area is 130 Å². The van der Waals surface area contributed by atoms with Gasteiger partial charge in [-0.1, -0.05) is 20.3 Å². The number of halogens is 1. The second-order valence-electron chi connectivity index (χ2n) is 5.22. The SMILES string of the molecule is CCCCn1nc(-c2ccc(F)cc2)cc(CNCC)c1=O. The van der Waals surface area contributed by atoms with Gasteiger partial charge in [0.2, 0.25) is 0 Å². The summed E-state index contributed by atoms with van der Waals surface area (Å²) in [4.78, 5) is 12.4. The lowest BCUT2D eigenvalue weighted by atomic mass is 10.1. The zero-order valence-electron chi connectivity index (χ0n) is 13.1. The lowest BCUT2D eigenvalue weighted by molar-refractivity contribution is 0.536. The molecular formula is C17H22FN3O. The van der Waals surface area contributed by atoms with Crippen molar-refractivity contribution >= 4 is 0 Å². The molecule has 22 heavy (non-hydrogen) atoms. The molecule has 0 spiro atoms. The highest BCUT2D eigenvalue weighted by Gasteiger charge is 2.10. The molecule has 1 aromatic heterocycles. The number of aromatic nitrogens is 2. The molecule has 1 aromatic carbocycles. The average molecular weight is 303 g/mol. The van der Waals surface area contributed by atoms with Crippen molar-refractivity contribution in [3.05, 3.63) is 52.1 Å². The maximum Gasteiger partial charge on any atom is 0.271 e. The van der Waals surface area contributed by atoms with Crippen LogP contribution in [0.1, 0.15) is 32.3 Å². The van der Waals surface area contributed by atoms with Gasteiger partial charge in [-0.15, -0.1) is 0 Å². The molecule has 0 aliphatic rings. The van der Waals surface area contributed by atoms with Crippen LogP contribution in [0.4, 0.5) is 4.39 Å². The molecule has 0 radical (unpaired) electrons. The van der Waals surface area contributed by atoms with Crippen molar-refractivity contribution in [2.75, 3.05) is 6.54 Å². The number of benzene rings is 1. The van der Waals surface area contributed by atoms with Crippen LogP contribution in [0.5, 0.6) is 0 Å². The molecular weight excluding hydrogens is 281 g/mol. The number of aryl methyl sites for hydroxylation is 1. The second kappa shape index (κ2) is 7.84. The Morgan fingerprint density at radius 1 is 1.23 bits per heavy atom. The van der Waals surface area contributed by atoms with Gasteiger partial charge in [0.05, 0.1) is 5.69 Å². The van der Waals surface area contributed by atoms with E-state index in [1.165, 1.54) is 16.8 Å². The van der Waals surface area contributed by atoms with Gasteiger partial charge in [0, 0.05) is 24.2 Å². The Balaban J connectivity index is 2.43. The first kappa shape index (κ1) is 16.4. The summed E-state index contributed by atoms with van der Waals surface area (Å²) in [7, 11) is 0. The number of hydrogen-bond acceptors (Lipinski definition) is 3. The highest BCUT2D eigenvalue weighted by molar-refractivity contribution is 5.58. The minimum atomic E-state index is -0.282. The molecule has 0 unspecified atom stereocenters. The maximum atomic E-state index is 13.1. The minimum Gasteiger partial charge on any atom is -0.313 e. The molecule has 4 nitrogen and oxygen atoms in total. The number of unbranched alkanes of at least 4 members (excludes halogenated alkanes) is 1. The van der Waals surface area contributed by atoms with Crippen LogP contribution in [0.3, 0.4) is 0 Å². The molecule has 0 atom stereocenters. The average Bonchev–Trinajstić information content (AvgIpc) is 2.53. The summed E-state index contributed by atoms with van der Waals surface area (Å²) in [6.07, 6.45) is 1.90. The fraction of sp³-hybridized carbons (Fsp3) is 0.412. The standard InChI is InChI=1S/C17H22FN3O/c1-3-5-10-21-17(22)14(12-19-4-2)11-16(20-21)13-6-8-15(18)9-7-13/h6-9,11,19H,3-5,10,12H2,1-2H3. The zero-order valence-corrected chi connectivity index (χ0v) is 13.1. The van der Waals surface area contributed by atoms with E-state index >= 15 is 0 Å². The third-order valence-electron chi connectivity index (χ3n) is 3.48. The predicted molar refractivity (Wildman–Crippen MR) is 86.2 cm³/mol. The fourth-order valence-electron chi connectivity index (χ4n) is 2.20. The number of hydrogen-bond donors (Lipinski definition) is 1. The number of rotatable bonds is 7. The first-order valence-electron chi connectivity index (χ1n) is 7.73. The summed E-state index contributed by atoms with van der Waals surface area (Å²) in [5.74, 6) is -0.282. The van der Waals surface area contributed by atoms with Gasteiger partial charge in [-0.2, -0.15) is 5.10 Å². The van der Waals surface area contributed by atoms with E-state index in [1.54, 1.807) is 18.2 Å². The first-order valence-corrected chi connectivity index (χ1v) is 7.73. The summed E-state index contributed by atoms with van der Waals surface area (Å²) >= 11 is 0. The van der Waals surface area contributed by atoms with Crippen LogP contribution in [-0.4, -0.2) is 16.3 Å². The van der Waals surface area contributed by atoms with E-state index in [0.717, 1.165) is 24.9 Å². The van der Waals surface area contributed by atoms with Crippen LogP contribution >= 0.6 is 0 Å². The maximum absolute atomic E-state index is 13.1. The van der Waals surface area contributed by atoms with Crippen LogP contribution in [-0.2, 0) is 13.1 Å². The van der Waals surface area contributed by atoms with Crippen molar-refractivity contribution in [3.63, 3.8) is 0 Å². The molecule has 0 fully saturated rings. The Morgan fingerprint density at radius 3 is 2.59 bits per heavy atom. The summed E-state index contributed by atoms with van der Waals surface area (Å²) in [5, 5.41) is 7.61. The summed E-state index contributed by atoms with van der Waals surface area (Å²) in [6.45, 7) is 5.98. The van der Waals surface area contributed by atoms with Crippen molar-refractivity contribution in [3.8, 4) is 11.3 Å². The van der Waals surface area contributed by atoms with Gasteiger partial charge >= 0.3 is 0 Å². The van der Waals surface area contributed by atoms with Gasteiger partial charge in [0.25, 0.3) is 5.56 Å². The van der Waals surface area contributed by atoms with E-state index in [9.17, 15) is 9.18 Å². The molecule has 5 heteroatoms. The van der Waals surface area contributed by atoms with E-state index in [0.29, 0.717) is 24.3 Å². The van der Waals surface area contributed by atoms with Crippen LogP contribution in [0.25, 0.3) is 11.3 Å². The largest absolute Gasteiger partial charge is 0.313 e. The highest BCUT2D eigenvalue weighted by atomic mass is 19.1. The van der Waals surface area contributed by atoms with E-state index in [-0.39, 0.29) is 11.4 Å². The second-order valence-corrected chi connectivity index (χ2v) is 5.22. The Morgan fingerprint density at radius 2 is 1.95 bits per heavy atom. The van der Waals surface area contributed by atoms with Crippen LogP contribution in [0.15, 0.2) is 35.1 Å². The monoisotopic (exact) mass is 303 g/mol. The number of nitrogens with zero attached hydrogens (tertiary/aromatic N) is 2. The molecule has 0 saturated heterocycles. The van der Waals surface area contributed by atoms with E-state index < -0.39 is 0 Å². The van der Waals surface area contributed by atoms with Gasteiger partial charge in [-0.05, 0) is 43.3 Å². The fourth-order valence-corrected chi connectivity index (χ4v) is 2.20. The van der Waals surface area contributed by atoms with Gasteiger partial charge < -0.3 is 5.32 Å². The van der Waals surface area contributed by atoms with Crippen molar-refractivity contribution < 1.29 is 4.39 Å². The predicted octanol–water partition coefficient (Wildman–Crippen LogP) is 2.96. The Kier molecular flexibility index (Phi) is 5.83. The molecule has 0 aliphatic carbocycles. The van der Waals surface area contributed by atoms with Crippen LogP contribution < -0.4 is 10.9 Å².